The first kappa shape index (κ1) is 17.4. The summed E-state index contributed by atoms with van der Waals surface area (Å²) in [7, 11) is 0. The Bertz CT molecular complexity index is 223. The lowest BCUT2D eigenvalue weighted by atomic mass is 10.0. The first-order valence-electron chi connectivity index (χ1n) is 6.69. The molecule has 0 spiro atoms. The Hall–Kier alpha value is -0.650. The summed E-state index contributed by atoms with van der Waals surface area (Å²) in [4.78, 5) is 10.6. The van der Waals surface area contributed by atoms with Gasteiger partial charge in [-0.15, -0.1) is 0 Å². The normalized spacial score (nSPS) is 16.2. The van der Waals surface area contributed by atoms with Crippen LogP contribution in [0, 0.1) is 5.92 Å². The standard InChI is InChI=1S/C13H27NO4/c1-4-18-9-12(15)8-14-11(3)7-5-6-10(2)13(16)17/h10-12,14-15H,4-9H2,1-3H3,(H,16,17). The highest BCUT2D eigenvalue weighted by atomic mass is 16.5. The van der Waals surface area contributed by atoms with Crippen molar-refractivity contribution in [3.8, 4) is 0 Å². The third-order valence-electron chi connectivity index (χ3n) is 2.91. The molecule has 0 aliphatic carbocycles. The summed E-state index contributed by atoms with van der Waals surface area (Å²) in [6, 6.07) is 0.280. The van der Waals surface area contributed by atoms with E-state index in [2.05, 4.69) is 5.32 Å². The highest BCUT2D eigenvalue weighted by molar-refractivity contribution is 5.69. The van der Waals surface area contributed by atoms with Gasteiger partial charge in [0.05, 0.1) is 18.6 Å². The van der Waals surface area contributed by atoms with Crippen molar-refractivity contribution in [2.75, 3.05) is 19.8 Å². The van der Waals surface area contributed by atoms with Crippen LogP contribution in [-0.4, -0.2) is 48.1 Å². The molecule has 5 nitrogen and oxygen atoms in total. The molecule has 0 bridgehead atoms. The van der Waals surface area contributed by atoms with Gasteiger partial charge in [0.2, 0.25) is 0 Å². The maximum atomic E-state index is 10.6. The zero-order valence-corrected chi connectivity index (χ0v) is 11.7. The third kappa shape index (κ3) is 9.39. The molecule has 0 heterocycles. The summed E-state index contributed by atoms with van der Waals surface area (Å²) in [5.74, 6) is -1.01. The van der Waals surface area contributed by atoms with Crippen LogP contribution < -0.4 is 5.32 Å². The highest BCUT2D eigenvalue weighted by Crippen LogP contribution is 2.09. The van der Waals surface area contributed by atoms with E-state index in [-0.39, 0.29) is 12.0 Å². The first-order valence-corrected chi connectivity index (χ1v) is 6.69. The molecule has 0 aromatic rings. The summed E-state index contributed by atoms with van der Waals surface area (Å²) < 4.78 is 5.11. The van der Waals surface area contributed by atoms with E-state index in [0.717, 1.165) is 12.8 Å². The van der Waals surface area contributed by atoms with Gasteiger partial charge in [0.25, 0.3) is 0 Å². The van der Waals surface area contributed by atoms with Crippen molar-refractivity contribution >= 4 is 5.97 Å². The van der Waals surface area contributed by atoms with Crippen molar-refractivity contribution in [3.05, 3.63) is 0 Å². The molecular formula is C13H27NO4. The largest absolute Gasteiger partial charge is 0.481 e. The van der Waals surface area contributed by atoms with E-state index in [0.29, 0.717) is 26.2 Å². The van der Waals surface area contributed by atoms with E-state index in [1.807, 2.05) is 13.8 Å². The fourth-order valence-corrected chi connectivity index (χ4v) is 1.61. The minimum Gasteiger partial charge on any atom is -0.481 e. The second-order valence-electron chi connectivity index (χ2n) is 4.79. The molecule has 0 aromatic carbocycles. The summed E-state index contributed by atoms with van der Waals surface area (Å²) in [6.45, 7) is 7.14. The molecule has 3 unspecified atom stereocenters. The fraction of sp³-hybridized carbons (Fsp3) is 0.923. The maximum absolute atomic E-state index is 10.6. The van der Waals surface area contributed by atoms with Crippen LogP contribution in [0.4, 0.5) is 0 Å². The molecule has 0 rings (SSSR count). The Kier molecular flexibility index (Phi) is 9.92. The number of carbonyl (C=O) groups is 1. The fourth-order valence-electron chi connectivity index (χ4n) is 1.61. The van der Waals surface area contributed by atoms with Crippen LogP contribution in [0.25, 0.3) is 0 Å². The average molecular weight is 261 g/mol. The molecule has 0 saturated carbocycles. The second-order valence-corrected chi connectivity index (χ2v) is 4.79. The van der Waals surface area contributed by atoms with Gasteiger partial charge >= 0.3 is 5.97 Å². The van der Waals surface area contributed by atoms with Crippen LogP contribution in [0.5, 0.6) is 0 Å². The molecule has 0 aliphatic heterocycles. The van der Waals surface area contributed by atoms with Gasteiger partial charge < -0.3 is 20.3 Å². The van der Waals surface area contributed by atoms with Crippen molar-refractivity contribution < 1.29 is 19.7 Å². The molecule has 0 saturated heterocycles. The number of hydrogen-bond acceptors (Lipinski definition) is 4. The molecule has 3 N–H and O–H groups in total. The zero-order valence-electron chi connectivity index (χ0n) is 11.7. The van der Waals surface area contributed by atoms with Gasteiger partial charge in [0.1, 0.15) is 0 Å². The molecule has 0 radical (unpaired) electrons. The SMILES string of the molecule is CCOCC(O)CNC(C)CCCC(C)C(=O)O. The van der Waals surface area contributed by atoms with Gasteiger partial charge in [-0.1, -0.05) is 13.3 Å². The van der Waals surface area contributed by atoms with Crippen LogP contribution >= 0.6 is 0 Å². The number of nitrogens with one attached hydrogen (secondary N) is 1. The number of hydrogen-bond donors (Lipinski definition) is 3. The monoisotopic (exact) mass is 261 g/mol. The predicted octanol–water partition coefficient (Wildman–Crippen LogP) is 1.25. The lowest BCUT2D eigenvalue weighted by Crippen LogP contribution is -2.36. The van der Waals surface area contributed by atoms with E-state index in [1.54, 1.807) is 6.92 Å². The Morgan fingerprint density at radius 1 is 1.33 bits per heavy atom. The van der Waals surface area contributed by atoms with E-state index >= 15 is 0 Å². The number of aliphatic hydroxyl groups excluding tert-OH is 1. The molecule has 0 aromatic heterocycles. The Morgan fingerprint density at radius 2 is 2.00 bits per heavy atom. The van der Waals surface area contributed by atoms with Gasteiger partial charge in [-0.05, 0) is 26.7 Å². The number of ether oxygens (including phenoxy) is 1. The minimum absolute atomic E-state index is 0.277. The summed E-state index contributed by atoms with van der Waals surface area (Å²) in [5, 5.41) is 21.5. The zero-order chi connectivity index (χ0) is 14.0. The first-order chi connectivity index (χ1) is 8.47. The molecule has 108 valence electrons. The summed E-state index contributed by atoms with van der Waals surface area (Å²) >= 11 is 0. The predicted molar refractivity (Wildman–Crippen MR) is 70.6 cm³/mol. The molecule has 5 heteroatoms. The van der Waals surface area contributed by atoms with E-state index in [1.165, 1.54) is 0 Å². The van der Waals surface area contributed by atoms with Crippen molar-refractivity contribution in [1.29, 1.82) is 0 Å². The van der Waals surface area contributed by atoms with E-state index < -0.39 is 12.1 Å². The quantitative estimate of drug-likeness (QED) is 0.522. The second kappa shape index (κ2) is 10.3. The summed E-state index contributed by atoms with van der Waals surface area (Å²) in [6.07, 6.45) is 2.01. The number of aliphatic carboxylic acids is 1. The number of rotatable bonds is 11. The van der Waals surface area contributed by atoms with Crippen LogP contribution in [0.1, 0.15) is 40.0 Å². The third-order valence-corrected chi connectivity index (χ3v) is 2.91. The molecule has 0 fully saturated rings. The van der Waals surface area contributed by atoms with Crippen molar-refractivity contribution in [3.63, 3.8) is 0 Å². The van der Waals surface area contributed by atoms with Gasteiger partial charge in [0.15, 0.2) is 0 Å². The Morgan fingerprint density at radius 3 is 2.56 bits per heavy atom. The number of aliphatic hydroxyl groups is 1. The van der Waals surface area contributed by atoms with Gasteiger partial charge in [-0.3, -0.25) is 4.79 Å². The van der Waals surface area contributed by atoms with E-state index in [9.17, 15) is 9.90 Å². The van der Waals surface area contributed by atoms with Gasteiger partial charge in [0, 0.05) is 19.2 Å². The van der Waals surface area contributed by atoms with E-state index in [4.69, 9.17) is 9.84 Å². The van der Waals surface area contributed by atoms with Gasteiger partial charge in [-0.25, -0.2) is 0 Å². The molecular weight excluding hydrogens is 234 g/mol. The van der Waals surface area contributed by atoms with Crippen LogP contribution in [0.15, 0.2) is 0 Å². The smallest absolute Gasteiger partial charge is 0.306 e. The lowest BCUT2D eigenvalue weighted by molar-refractivity contribution is -0.141. The van der Waals surface area contributed by atoms with Crippen LogP contribution in [0.2, 0.25) is 0 Å². The van der Waals surface area contributed by atoms with Crippen molar-refractivity contribution in [1.82, 2.24) is 5.32 Å². The number of carboxylic acids is 1. The van der Waals surface area contributed by atoms with Crippen molar-refractivity contribution in [2.24, 2.45) is 5.92 Å². The number of carboxylic acid groups (broad SMARTS) is 1. The molecule has 0 aliphatic rings. The molecule has 3 atom stereocenters. The average Bonchev–Trinajstić information content (AvgIpc) is 2.33. The molecule has 18 heavy (non-hydrogen) atoms. The summed E-state index contributed by atoms with van der Waals surface area (Å²) in [5.41, 5.74) is 0. The molecule has 0 amide bonds. The Labute approximate surface area is 110 Å². The topological polar surface area (TPSA) is 78.8 Å². The minimum atomic E-state index is -0.734. The maximum Gasteiger partial charge on any atom is 0.306 e. The lowest BCUT2D eigenvalue weighted by Gasteiger charge is -2.17. The van der Waals surface area contributed by atoms with Crippen LogP contribution in [0.3, 0.4) is 0 Å². The highest BCUT2D eigenvalue weighted by Gasteiger charge is 2.11. The Balaban J connectivity index is 3.53. The van der Waals surface area contributed by atoms with Crippen LogP contribution in [-0.2, 0) is 9.53 Å². The van der Waals surface area contributed by atoms with Gasteiger partial charge in [-0.2, -0.15) is 0 Å². The van der Waals surface area contributed by atoms with Crippen molar-refractivity contribution in [2.45, 2.75) is 52.2 Å².